The van der Waals surface area contributed by atoms with Crippen LogP contribution in [0.5, 0.6) is 0 Å². The van der Waals surface area contributed by atoms with Crippen molar-refractivity contribution in [1.29, 1.82) is 0 Å². The van der Waals surface area contributed by atoms with E-state index in [4.69, 9.17) is 9.15 Å². The summed E-state index contributed by atoms with van der Waals surface area (Å²) in [6.07, 6.45) is 1.11. The molecule has 2 fully saturated rings. The van der Waals surface area contributed by atoms with Crippen LogP contribution >= 0.6 is 11.8 Å². The molecule has 5 nitrogen and oxygen atoms in total. The summed E-state index contributed by atoms with van der Waals surface area (Å²) < 4.78 is 11.2. The highest BCUT2D eigenvalue weighted by molar-refractivity contribution is 7.99. The zero-order valence-corrected chi connectivity index (χ0v) is 14.4. The number of benzene rings is 1. The molecular formula is C18H22N2O3S. The molecule has 0 spiro atoms. The quantitative estimate of drug-likeness (QED) is 0.921. The normalized spacial score (nSPS) is 25.2. The van der Waals surface area contributed by atoms with E-state index in [1.807, 2.05) is 42.1 Å². The molecule has 0 aliphatic carbocycles. The highest BCUT2D eigenvalue weighted by Gasteiger charge is 2.41. The van der Waals surface area contributed by atoms with E-state index in [-0.39, 0.29) is 11.4 Å². The smallest absolute Gasteiger partial charge is 0.287 e. The van der Waals surface area contributed by atoms with Crippen LogP contribution in [0, 0.1) is 0 Å². The van der Waals surface area contributed by atoms with Crippen molar-refractivity contribution >= 4 is 28.6 Å². The minimum absolute atomic E-state index is 0.0517. The molecular weight excluding hydrogens is 324 g/mol. The van der Waals surface area contributed by atoms with Gasteiger partial charge in [0.1, 0.15) is 5.58 Å². The summed E-state index contributed by atoms with van der Waals surface area (Å²) in [6.45, 7) is 4.12. The largest absolute Gasteiger partial charge is 0.451 e. The number of nitrogens with one attached hydrogen (secondary N) is 1. The summed E-state index contributed by atoms with van der Waals surface area (Å²) in [5.74, 6) is 2.47. The number of para-hydroxylation sites is 1. The van der Waals surface area contributed by atoms with Gasteiger partial charge in [-0.05, 0) is 24.3 Å². The fraction of sp³-hybridized carbons (Fsp3) is 0.500. The van der Waals surface area contributed by atoms with Crippen molar-refractivity contribution in [1.82, 2.24) is 10.2 Å². The van der Waals surface area contributed by atoms with Crippen LogP contribution in [0.1, 0.15) is 17.0 Å². The van der Waals surface area contributed by atoms with Crippen molar-refractivity contribution in [2.24, 2.45) is 0 Å². The zero-order valence-electron chi connectivity index (χ0n) is 13.6. The number of thioether (sulfide) groups is 1. The van der Waals surface area contributed by atoms with Crippen molar-refractivity contribution in [2.45, 2.75) is 12.0 Å². The summed E-state index contributed by atoms with van der Waals surface area (Å²) in [5, 5.41) is 4.07. The highest BCUT2D eigenvalue weighted by atomic mass is 32.2. The second-order valence-electron chi connectivity index (χ2n) is 6.46. The molecule has 24 heavy (non-hydrogen) atoms. The molecule has 2 aliphatic rings. The topological polar surface area (TPSA) is 54.7 Å². The van der Waals surface area contributed by atoms with Crippen LogP contribution in [0.25, 0.3) is 11.0 Å². The van der Waals surface area contributed by atoms with Crippen LogP contribution in [0.2, 0.25) is 0 Å². The minimum Gasteiger partial charge on any atom is -0.451 e. The van der Waals surface area contributed by atoms with Gasteiger partial charge in [-0.3, -0.25) is 9.69 Å². The molecule has 1 atom stereocenters. The Hall–Kier alpha value is -1.50. The third-order valence-corrected chi connectivity index (χ3v) is 6.23. The van der Waals surface area contributed by atoms with E-state index in [1.165, 1.54) is 0 Å². The SMILES string of the molecule is O=C(NCC1(N2CCOCC2)CCSC1)c1cc2ccccc2o1. The van der Waals surface area contributed by atoms with Gasteiger partial charge in [-0.15, -0.1) is 0 Å². The first-order valence-corrected chi connectivity index (χ1v) is 9.60. The highest BCUT2D eigenvalue weighted by Crippen LogP contribution is 2.33. The molecule has 1 amide bonds. The number of carbonyl (C=O) groups excluding carboxylic acids is 1. The van der Waals surface area contributed by atoms with Crippen molar-refractivity contribution in [3.63, 3.8) is 0 Å². The summed E-state index contributed by atoms with van der Waals surface area (Å²) in [5.41, 5.74) is 0.804. The number of fused-ring (bicyclic) bond motifs is 1. The minimum atomic E-state index is -0.129. The average Bonchev–Trinajstić information content (AvgIpc) is 3.28. The maximum atomic E-state index is 12.5. The molecule has 1 aromatic carbocycles. The summed E-state index contributed by atoms with van der Waals surface area (Å²) in [6, 6.07) is 9.52. The van der Waals surface area contributed by atoms with Gasteiger partial charge in [0.2, 0.25) is 0 Å². The summed E-state index contributed by atoms with van der Waals surface area (Å²) in [4.78, 5) is 15.0. The Morgan fingerprint density at radius 2 is 2.12 bits per heavy atom. The molecule has 4 rings (SSSR count). The van der Waals surface area contributed by atoms with Gasteiger partial charge in [-0.1, -0.05) is 18.2 Å². The van der Waals surface area contributed by atoms with E-state index in [0.29, 0.717) is 12.3 Å². The first-order valence-electron chi connectivity index (χ1n) is 8.44. The monoisotopic (exact) mass is 346 g/mol. The standard InChI is InChI=1S/C18H22N2O3S/c21-17(16-11-14-3-1-2-4-15(14)23-16)19-12-18(5-10-24-13-18)20-6-8-22-9-7-20/h1-4,11H,5-10,12-13H2,(H,19,21). The second kappa shape index (κ2) is 6.78. The Morgan fingerprint density at radius 3 is 2.88 bits per heavy atom. The molecule has 2 saturated heterocycles. The number of hydrogen-bond acceptors (Lipinski definition) is 5. The molecule has 3 heterocycles. The molecule has 6 heteroatoms. The fourth-order valence-corrected chi connectivity index (χ4v) is 5.04. The maximum Gasteiger partial charge on any atom is 0.287 e. The predicted octanol–water partition coefficient (Wildman–Crippen LogP) is 2.37. The Bertz CT molecular complexity index is 685. The van der Waals surface area contributed by atoms with Crippen LogP contribution in [0.4, 0.5) is 0 Å². The van der Waals surface area contributed by atoms with Crippen LogP contribution in [-0.2, 0) is 4.74 Å². The molecule has 2 aliphatic heterocycles. The van der Waals surface area contributed by atoms with E-state index < -0.39 is 0 Å². The third kappa shape index (κ3) is 3.06. The van der Waals surface area contributed by atoms with Crippen molar-refractivity contribution in [3.05, 3.63) is 36.1 Å². The van der Waals surface area contributed by atoms with E-state index in [2.05, 4.69) is 10.2 Å². The van der Waals surface area contributed by atoms with Crippen LogP contribution in [0.3, 0.4) is 0 Å². The average molecular weight is 346 g/mol. The molecule has 1 unspecified atom stereocenters. The van der Waals surface area contributed by atoms with E-state index in [9.17, 15) is 4.79 Å². The Balaban J connectivity index is 1.46. The number of carbonyl (C=O) groups is 1. The van der Waals surface area contributed by atoms with Gasteiger partial charge >= 0.3 is 0 Å². The first kappa shape index (κ1) is 16.0. The lowest BCUT2D eigenvalue weighted by Crippen LogP contribution is -2.59. The van der Waals surface area contributed by atoms with Gasteiger partial charge in [0.25, 0.3) is 5.91 Å². The van der Waals surface area contributed by atoms with Crippen molar-refractivity contribution in [3.8, 4) is 0 Å². The molecule has 0 radical (unpaired) electrons. The van der Waals surface area contributed by atoms with Crippen LogP contribution in [-0.4, -0.2) is 60.7 Å². The number of furan rings is 1. The number of nitrogens with zero attached hydrogens (tertiary/aromatic N) is 1. The number of rotatable bonds is 4. The van der Waals surface area contributed by atoms with Crippen LogP contribution in [0.15, 0.2) is 34.7 Å². The van der Waals surface area contributed by atoms with Gasteiger partial charge in [0.05, 0.1) is 13.2 Å². The lowest BCUT2D eigenvalue weighted by atomic mass is 9.95. The second-order valence-corrected chi connectivity index (χ2v) is 7.56. The molecule has 1 N–H and O–H groups in total. The number of ether oxygens (including phenoxy) is 1. The molecule has 0 bridgehead atoms. The lowest BCUT2D eigenvalue weighted by Gasteiger charge is -2.42. The van der Waals surface area contributed by atoms with Crippen molar-refractivity contribution < 1.29 is 13.9 Å². The number of amides is 1. The summed E-state index contributed by atoms with van der Waals surface area (Å²) >= 11 is 1.97. The molecule has 1 aromatic heterocycles. The Morgan fingerprint density at radius 1 is 1.29 bits per heavy atom. The third-order valence-electron chi connectivity index (χ3n) is 4.99. The Labute approximate surface area is 145 Å². The van der Waals surface area contributed by atoms with Gasteiger partial charge in [0, 0.05) is 36.3 Å². The van der Waals surface area contributed by atoms with Gasteiger partial charge in [0.15, 0.2) is 5.76 Å². The van der Waals surface area contributed by atoms with E-state index in [1.54, 1.807) is 0 Å². The maximum absolute atomic E-state index is 12.5. The van der Waals surface area contributed by atoms with Gasteiger partial charge in [-0.25, -0.2) is 0 Å². The molecule has 0 saturated carbocycles. The van der Waals surface area contributed by atoms with Crippen LogP contribution < -0.4 is 5.32 Å². The van der Waals surface area contributed by atoms with Gasteiger partial charge in [-0.2, -0.15) is 11.8 Å². The molecule has 2 aromatic rings. The molecule has 128 valence electrons. The number of hydrogen-bond donors (Lipinski definition) is 1. The van der Waals surface area contributed by atoms with E-state index in [0.717, 1.165) is 55.2 Å². The zero-order chi connectivity index (χ0) is 16.4. The predicted molar refractivity (Wildman–Crippen MR) is 95.6 cm³/mol. The summed E-state index contributed by atoms with van der Waals surface area (Å²) in [7, 11) is 0. The lowest BCUT2D eigenvalue weighted by molar-refractivity contribution is -0.0129. The Kier molecular flexibility index (Phi) is 4.52. The first-order chi connectivity index (χ1) is 11.8. The number of morpholine rings is 1. The van der Waals surface area contributed by atoms with E-state index >= 15 is 0 Å². The van der Waals surface area contributed by atoms with Crippen molar-refractivity contribution in [2.75, 3.05) is 44.4 Å². The van der Waals surface area contributed by atoms with Gasteiger partial charge < -0.3 is 14.5 Å². The fourth-order valence-electron chi connectivity index (χ4n) is 3.56.